The molecule has 0 bridgehead atoms. The summed E-state index contributed by atoms with van der Waals surface area (Å²) in [6, 6.07) is 24.7. The molecule has 1 aromatic heterocycles. The number of ether oxygens (including phenoxy) is 1. The van der Waals surface area contributed by atoms with Crippen LogP contribution in [-0.4, -0.2) is 51.3 Å². The van der Waals surface area contributed by atoms with E-state index in [-0.39, 0.29) is 23.6 Å². The highest BCUT2D eigenvalue weighted by molar-refractivity contribution is 5.89. The predicted octanol–water partition coefficient (Wildman–Crippen LogP) is 4.64. The summed E-state index contributed by atoms with van der Waals surface area (Å²) in [5.74, 6) is -0.0603. The second-order valence-corrected chi connectivity index (χ2v) is 10.9. The second kappa shape index (κ2) is 13.0. The molecule has 1 atom stereocenters. The van der Waals surface area contributed by atoms with E-state index < -0.39 is 6.04 Å². The molecular formula is C33H37N5O4. The summed E-state index contributed by atoms with van der Waals surface area (Å²) in [7, 11) is 1.35. The number of nitrogens with one attached hydrogen (secondary N) is 1. The van der Waals surface area contributed by atoms with Crippen LogP contribution in [0.2, 0.25) is 0 Å². The van der Waals surface area contributed by atoms with E-state index in [1.165, 1.54) is 17.4 Å². The van der Waals surface area contributed by atoms with E-state index in [1.807, 2.05) is 68.4 Å². The van der Waals surface area contributed by atoms with Crippen molar-refractivity contribution in [2.45, 2.75) is 51.2 Å². The maximum atomic E-state index is 13.6. The lowest BCUT2D eigenvalue weighted by Crippen LogP contribution is -2.43. The van der Waals surface area contributed by atoms with Gasteiger partial charge in [0.15, 0.2) is 0 Å². The highest BCUT2D eigenvalue weighted by Crippen LogP contribution is 2.33. The van der Waals surface area contributed by atoms with Gasteiger partial charge in [0.25, 0.3) is 0 Å². The Bertz CT molecular complexity index is 1550. The quantitative estimate of drug-likeness (QED) is 0.296. The van der Waals surface area contributed by atoms with Gasteiger partial charge in [-0.15, -0.1) is 0 Å². The predicted molar refractivity (Wildman–Crippen MR) is 161 cm³/mol. The van der Waals surface area contributed by atoms with Gasteiger partial charge in [0.05, 0.1) is 24.4 Å². The van der Waals surface area contributed by atoms with E-state index in [9.17, 15) is 14.4 Å². The Hall–Kier alpha value is -4.50. The molecule has 42 heavy (non-hydrogen) atoms. The van der Waals surface area contributed by atoms with Crippen LogP contribution in [0.15, 0.2) is 90.0 Å². The van der Waals surface area contributed by atoms with Crippen molar-refractivity contribution in [2.75, 3.05) is 20.2 Å². The standard InChI is InChI=1S/C33H37N5O4/c1-23(2)38-33(41)37(22-35-38)29-15-13-25(14-16-29)26-17-19-36(20-18-26)30(27-7-5-4-6-8-27)31(39)34-21-24-9-11-28(12-10-24)32(40)42-3/h4-16,22-23,26,30H,17-21H2,1-3H3,(H,34,39). The number of aromatic nitrogens is 3. The zero-order chi connectivity index (χ0) is 29.6. The van der Waals surface area contributed by atoms with Crippen molar-refractivity contribution in [2.24, 2.45) is 0 Å². The number of likely N-dealkylation sites (tertiary alicyclic amines) is 1. The number of methoxy groups -OCH3 is 1. The number of hydrogen-bond donors (Lipinski definition) is 1. The van der Waals surface area contributed by atoms with Crippen LogP contribution >= 0.6 is 0 Å². The van der Waals surface area contributed by atoms with Crippen LogP contribution in [-0.2, 0) is 16.1 Å². The van der Waals surface area contributed by atoms with Gasteiger partial charge < -0.3 is 10.1 Å². The van der Waals surface area contributed by atoms with Crippen LogP contribution in [0.5, 0.6) is 0 Å². The van der Waals surface area contributed by atoms with Crippen LogP contribution < -0.4 is 11.0 Å². The van der Waals surface area contributed by atoms with Crippen LogP contribution in [0.1, 0.15) is 71.7 Å². The molecule has 0 spiro atoms. The molecule has 4 aromatic rings. The Kier molecular flexibility index (Phi) is 8.97. The minimum atomic E-state index is -0.395. The first-order valence-corrected chi connectivity index (χ1v) is 14.4. The summed E-state index contributed by atoms with van der Waals surface area (Å²) in [5.41, 5.74) is 4.24. The first-order valence-electron chi connectivity index (χ1n) is 14.4. The highest BCUT2D eigenvalue weighted by atomic mass is 16.5. The Morgan fingerprint density at radius 2 is 1.62 bits per heavy atom. The molecule has 218 valence electrons. The summed E-state index contributed by atoms with van der Waals surface area (Å²) in [6.07, 6.45) is 3.42. The second-order valence-electron chi connectivity index (χ2n) is 10.9. The van der Waals surface area contributed by atoms with Crippen LogP contribution in [0.3, 0.4) is 0 Å². The summed E-state index contributed by atoms with van der Waals surface area (Å²) in [5, 5.41) is 7.33. The molecule has 1 N–H and O–H groups in total. The van der Waals surface area contributed by atoms with Gasteiger partial charge in [0.1, 0.15) is 12.4 Å². The van der Waals surface area contributed by atoms with Crippen molar-refractivity contribution in [1.82, 2.24) is 24.6 Å². The lowest BCUT2D eigenvalue weighted by Gasteiger charge is -2.37. The van der Waals surface area contributed by atoms with Crippen molar-refractivity contribution in [1.29, 1.82) is 0 Å². The maximum Gasteiger partial charge on any atom is 0.350 e. The molecule has 1 amide bonds. The van der Waals surface area contributed by atoms with Gasteiger partial charge in [0, 0.05) is 6.54 Å². The number of carbonyl (C=O) groups is 2. The normalized spacial score (nSPS) is 15.0. The van der Waals surface area contributed by atoms with E-state index in [2.05, 4.69) is 27.4 Å². The monoisotopic (exact) mass is 567 g/mol. The molecule has 1 unspecified atom stereocenters. The number of benzene rings is 3. The van der Waals surface area contributed by atoms with Gasteiger partial charge in [-0.3, -0.25) is 9.69 Å². The Morgan fingerprint density at radius 3 is 2.21 bits per heavy atom. The van der Waals surface area contributed by atoms with Gasteiger partial charge >= 0.3 is 11.7 Å². The zero-order valence-corrected chi connectivity index (χ0v) is 24.3. The number of amides is 1. The van der Waals surface area contributed by atoms with Crippen molar-refractivity contribution in [3.63, 3.8) is 0 Å². The van der Waals surface area contributed by atoms with Crippen LogP contribution in [0, 0.1) is 0 Å². The van der Waals surface area contributed by atoms with Crippen LogP contribution in [0.4, 0.5) is 0 Å². The van der Waals surface area contributed by atoms with E-state index in [0.717, 1.165) is 42.7 Å². The first-order chi connectivity index (χ1) is 20.4. The molecule has 3 aromatic carbocycles. The van der Waals surface area contributed by atoms with Crippen molar-refractivity contribution >= 4 is 11.9 Å². The summed E-state index contributed by atoms with van der Waals surface area (Å²) in [6.45, 7) is 5.81. The van der Waals surface area contributed by atoms with Gasteiger partial charge in [-0.05, 0) is 86.7 Å². The Balaban J connectivity index is 1.24. The molecule has 0 aliphatic carbocycles. The van der Waals surface area contributed by atoms with E-state index >= 15 is 0 Å². The van der Waals surface area contributed by atoms with E-state index in [1.54, 1.807) is 23.0 Å². The largest absolute Gasteiger partial charge is 0.465 e. The number of carbonyl (C=O) groups excluding carboxylic acids is 2. The molecule has 9 nitrogen and oxygen atoms in total. The fraction of sp³-hybridized carbons (Fsp3) is 0.333. The molecule has 1 saturated heterocycles. The molecular weight excluding hydrogens is 530 g/mol. The maximum absolute atomic E-state index is 13.6. The summed E-state index contributed by atoms with van der Waals surface area (Å²) < 4.78 is 7.81. The molecule has 1 aliphatic heterocycles. The molecule has 1 fully saturated rings. The Morgan fingerprint density at radius 1 is 0.952 bits per heavy atom. The Labute approximate surface area is 245 Å². The SMILES string of the molecule is COC(=O)c1ccc(CNC(=O)C(c2ccccc2)N2CCC(c3ccc(-n4cnn(C(C)C)c4=O)cc3)CC2)cc1. The number of rotatable bonds is 9. The molecule has 2 heterocycles. The van der Waals surface area contributed by atoms with Crippen molar-refractivity contribution < 1.29 is 14.3 Å². The average Bonchev–Trinajstić information content (AvgIpc) is 3.42. The third kappa shape index (κ3) is 6.36. The zero-order valence-electron chi connectivity index (χ0n) is 24.3. The number of piperidine rings is 1. The number of nitrogens with zero attached hydrogens (tertiary/aromatic N) is 4. The summed E-state index contributed by atoms with van der Waals surface area (Å²) >= 11 is 0. The molecule has 9 heteroatoms. The lowest BCUT2D eigenvalue weighted by molar-refractivity contribution is -0.127. The fourth-order valence-corrected chi connectivity index (χ4v) is 5.57. The molecule has 1 aliphatic rings. The topological polar surface area (TPSA) is 98.5 Å². The minimum Gasteiger partial charge on any atom is -0.465 e. The van der Waals surface area contributed by atoms with Crippen molar-refractivity contribution in [3.05, 3.63) is 118 Å². The van der Waals surface area contributed by atoms with E-state index in [4.69, 9.17) is 4.74 Å². The number of esters is 1. The highest BCUT2D eigenvalue weighted by Gasteiger charge is 2.31. The fourth-order valence-electron chi connectivity index (χ4n) is 5.57. The third-order valence-corrected chi connectivity index (χ3v) is 7.93. The lowest BCUT2D eigenvalue weighted by atomic mass is 9.88. The molecule has 5 rings (SSSR count). The van der Waals surface area contributed by atoms with Crippen LogP contribution in [0.25, 0.3) is 5.69 Å². The number of hydrogen-bond acceptors (Lipinski definition) is 6. The smallest absolute Gasteiger partial charge is 0.350 e. The summed E-state index contributed by atoms with van der Waals surface area (Å²) in [4.78, 5) is 40.2. The molecule has 0 saturated carbocycles. The van der Waals surface area contributed by atoms with Gasteiger partial charge in [-0.25, -0.2) is 18.8 Å². The average molecular weight is 568 g/mol. The van der Waals surface area contributed by atoms with Gasteiger partial charge in [-0.2, -0.15) is 5.10 Å². The van der Waals surface area contributed by atoms with Crippen molar-refractivity contribution in [3.8, 4) is 5.69 Å². The first kappa shape index (κ1) is 29.0. The third-order valence-electron chi connectivity index (χ3n) is 7.93. The van der Waals surface area contributed by atoms with Gasteiger partial charge in [0.2, 0.25) is 5.91 Å². The van der Waals surface area contributed by atoms with Gasteiger partial charge in [-0.1, -0.05) is 54.6 Å². The van der Waals surface area contributed by atoms with E-state index in [0.29, 0.717) is 18.0 Å². The minimum absolute atomic E-state index is 0.00424. The molecule has 0 radical (unpaired) electrons.